The highest BCUT2D eigenvalue weighted by atomic mass is 32.1. The molecule has 1 heterocycles. The van der Waals surface area contributed by atoms with Gasteiger partial charge in [0, 0.05) is 17.8 Å². The Bertz CT molecular complexity index is 497. The van der Waals surface area contributed by atoms with Crippen LogP contribution >= 0.6 is 11.3 Å². The van der Waals surface area contributed by atoms with E-state index in [2.05, 4.69) is 29.1 Å². The van der Waals surface area contributed by atoms with E-state index < -0.39 is 0 Å². The Morgan fingerprint density at radius 3 is 2.89 bits per heavy atom. The molecule has 1 aromatic carbocycles. The first kappa shape index (κ1) is 12.8. The summed E-state index contributed by atoms with van der Waals surface area (Å²) in [7, 11) is 0. The van der Waals surface area contributed by atoms with E-state index in [4.69, 9.17) is 10.5 Å². The molecule has 0 fully saturated rings. The van der Waals surface area contributed by atoms with Crippen LogP contribution in [0.1, 0.15) is 25.5 Å². The van der Waals surface area contributed by atoms with Crippen LogP contribution in [0.15, 0.2) is 35.0 Å². The zero-order valence-electron chi connectivity index (χ0n) is 10.6. The van der Waals surface area contributed by atoms with E-state index in [1.54, 1.807) is 11.3 Å². The fraction of sp³-hybridized carbons (Fsp3) is 0.286. The first-order valence-corrected chi connectivity index (χ1v) is 6.96. The van der Waals surface area contributed by atoms with Gasteiger partial charge in [0.25, 0.3) is 0 Å². The van der Waals surface area contributed by atoms with Crippen molar-refractivity contribution in [3.8, 4) is 5.75 Å². The molecule has 0 radical (unpaired) electrons. The molecule has 96 valence electrons. The molecular formula is C14H18N2OS. The summed E-state index contributed by atoms with van der Waals surface area (Å²) in [6.07, 6.45) is 0. The Kier molecular flexibility index (Phi) is 4.10. The molecule has 0 saturated carbocycles. The topological polar surface area (TPSA) is 47.3 Å². The average molecular weight is 262 g/mol. The van der Waals surface area contributed by atoms with Crippen LogP contribution in [-0.2, 0) is 0 Å². The lowest BCUT2D eigenvalue weighted by Gasteiger charge is -2.16. The van der Waals surface area contributed by atoms with Crippen LogP contribution in [0.5, 0.6) is 5.75 Å². The molecule has 2 aromatic rings. The number of benzene rings is 1. The number of hydrogen-bond acceptors (Lipinski definition) is 4. The Labute approximate surface area is 112 Å². The molecule has 0 aliphatic rings. The Morgan fingerprint density at radius 2 is 2.22 bits per heavy atom. The fourth-order valence-corrected chi connectivity index (χ4v) is 2.51. The fourth-order valence-electron chi connectivity index (χ4n) is 1.76. The zero-order valence-corrected chi connectivity index (χ0v) is 11.5. The van der Waals surface area contributed by atoms with Crippen molar-refractivity contribution in [2.45, 2.75) is 19.9 Å². The minimum absolute atomic E-state index is 0.273. The summed E-state index contributed by atoms with van der Waals surface area (Å²) in [6.45, 7) is 4.71. The van der Waals surface area contributed by atoms with Gasteiger partial charge in [-0.1, -0.05) is 0 Å². The van der Waals surface area contributed by atoms with Gasteiger partial charge in [0.05, 0.1) is 12.3 Å². The normalized spacial score (nSPS) is 12.1. The summed E-state index contributed by atoms with van der Waals surface area (Å²) in [5.74, 6) is 0.736. The van der Waals surface area contributed by atoms with E-state index in [0.29, 0.717) is 12.3 Å². The summed E-state index contributed by atoms with van der Waals surface area (Å²) in [5.41, 5.74) is 8.83. The summed E-state index contributed by atoms with van der Waals surface area (Å²) >= 11 is 1.71. The lowest BCUT2D eigenvalue weighted by molar-refractivity contribution is 0.342. The third-order valence-electron chi connectivity index (χ3n) is 2.74. The number of rotatable bonds is 5. The predicted molar refractivity (Wildman–Crippen MR) is 78.4 cm³/mol. The standard InChI is InChI=1S/C14H18N2OS/c1-3-17-14-8-12(4-5-13(14)15)16-10(2)11-6-7-18-9-11/h4-10,16H,3,15H2,1-2H3. The molecule has 0 amide bonds. The number of nitrogens with two attached hydrogens (primary N) is 1. The highest BCUT2D eigenvalue weighted by Crippen LogP contribution is 2.28. The van der Waals surface area contributed by atoms with Crippen molar-refractivity contribution in [1.29, 1.82) is 0 Å². The van der Waals surface area contributed by atoms with Crippen molar-refractivity contribution >= 4 is 22.7 Å². The van der Waals surface area contributed by atoms with Crippen LogP contribution in [0.4, 0.5) is 11.4 Å². The molecule has 2 rings (SSSR count). The zero-order chi connectivity index (χ0) is 13.0. The molecule has 4 heteroatoms. The molecule has 3 N–H and O–H groups in total. The summed E-state index contributed by atoms with van der Waals surface area (Å²) < 4.78 is 5.49. The molecule has 0 aliphatic heterocycles. The largest absolute Gasteiger partial charge is 0.492 e. The maximum absolute atomic E-state index is 5.85. The van der Waals surface area contributed by atoms with Gasteiger partial charge in [0.2, 0.25) is 0 Å². The van der Waals surface area contributed by atoms with Crippen LogP contribution in [0.3, 0.4) is 0 Å². The highest BCUT2D eigenvalue weighted by Gasteiger charge is 2.07. The predicted octanol–water partition coefficient (Wildman–Crippen LogP) is 3.90. The van der Waals surface area contributed by atoms with Gasteiger partial charge in [-0.2, -0.15) is 11.3 Å². The minimum Gasteiger partial charge on any atom is -0.492 e. The van der Waals surface area contributed by atoms with Gasteiger partial charge in [-0.15, -0.1) is 0 Å². The summed E-state index contributed by atoms with van der Waals surface area (Å²) in [5, 5.41) is 7.68. The molecule has 0 spiro atoms. The van der Waals surface area contributed by atoms with Crippen LogP contribution in [0.25, 0.3) is 0 Å². The van der Waals surface area contributed by atoms with Crippen molar-refractivity contribution in [3.63, 3.8) is 0 Å². The van der Waals surface area contributed by atoms with Crippen LogP contribution in [-0.4, -0.2) is 6.61 Å². The van der Waals surface area contributed by atoms with E-state index in [1.165, 1.54) is 5.56 Å². The first-order chi connectivity index (χ1) is 8.70. The molecule has 18 heavy (non-hydrogen) atoms. The van der Waals surface area contributed by atoms with Gasteiger partial charge in [0.1, 0.15) is 5.75 Å². The molecule has 1 unspecified atom stereocenters. The highest BCUT2D eigenvalue weighted by molar-refractivity contribution is 7.07. The maximum Gasteiger partial charge on any atom is 0.144 e. The van der Waals surface area contributed by atoms with Gasteiger partial charge in [0.15, 0.2) is 0 Å². The monoisotopic (exact) mass is 262 g/mol. The minimum atomic E-state index is 0.273. The smallest absolute Gasteiger partial charge is 0.144 e. The van der Waals surface area contributed by atoms with Crippen LogP contribution in [0, 0.1) is 0 Å². The summed E-state index contributed by atoms with van der Waals surface area (Å²) in [4.78, 5) is 0. The number of ether oxygens (including phenoxy) is 1. The van der Waals surface area contributed by atoms with Crippen molar-refractivity contribution < 1.29 is 4.74 Å². The Balaban J connectivity index is 2.12. The second-order valence-electron chi connectivity index (χ2n) is 4.11. The quantitative estimate of drug-likeness (QED) is 0.803. The molecule has 0 bridgehead atoms. The van der Waals surface area contributed by atoms with Crippen LogP contribution in [0.2, 0.25) is 0 Å². The van der Waals surface area contributed by atoms with Crippen molar-refractivity contribution in [1.82, 2.24) is 0 Å². The molecular weight excluding hydrogens is 244 g/mol. The number of thiophene rings is 1. The number of hydrogen-bond donors (Lipinski definition) is 2. The van der Waals surface area contributed by atoms with Gasteiger partial charge in [-0.3, -0.25) is 0 Å². The third-order valence-corrected chi connectivity index (χ3v) is 3.44. The molecule has 1 atom stereocenters. The number of anilines is 2. The van der Waals surface area contributed by atoms with Gasteiger partial charge in [-0.05, 0) is 48.4 Å². The second-order valence-corrected chi connectivity index (χ2v) is 4.89. The first-order valence-electron chi connectivity index (χ1n) is 6.01. The van der Waals surface area contributed by atoms with Crippen molar-refractivity contribution in [2.75, 3.05) is 17.7 Å². The van der Waals surface area contributed by atoms with Crippen LogP contribution < -0.4 is 15.8 Å². The molecule has 1 aromatic heterocycles. The lowest BCUT2D eigenvalue weighted by atomic mass is 10.1. The van der Waals surface area contributed by atoms with E-state index in [1.807, 2.05) is 25.1 Å². The van der Waals surface area contributed by atoms with Gasteiger partial charge < -0.3 is 15.8 Å². The van der Waals surface area contributed by atoms with Gasteiger partial charge in [-0.25, -0.2) is 0 Å². The SMILES string of the molecule is CCOc1cc(NC(C)c2ccsc2)ccc1N. The molecule has 0 saturated heterocycles. The molecule has 3 nitrogen and oxygen atoms in total. The van der Waals surface area contributed by atoms with E-state index in [9.17, 15) is 0 Å². The second kappa shape index (κ2) is 5.78. The van der Waals surface area contributed by atoms with E-state index >= 15 is 0 Å². The maximum atomic E-state index is 5.85. The Hall–Kier alpha value is -1.68. The Morgan fingerprint density at radius 1 is 1.39 bits per heavy atom. The lowest BCUT2D eigenvalue weighted by Crippen LogP contribution is -2.06. The van der Waals surface area contributed by atoms with E-state index in [-0.39, 0.29) is 6.04 Å². The number of nitrogens with one attached hydrogen (secondary N) is 1. The van der Waals surface area contributed by atoms with E-state index in [0.717, 1.165) is 11.4 Å². The average Bonchev–Trinajstić information content (AvgIpc) is 2.87. The summed E-state index contributed by atoms with van der Waals surface area (Å²) in [6, 6.07) is 8.19. The van der Waals surface area contributed by atoms with Crippen molar-refractivity contribution in [3.05, 3.63) is 40.6 Å². The number of nitrogen functional groups attached to an aromatic ring is 1. The molecule has 0 aliphatic carbocycles. The third kappa shape index (κ3) is 2.96. The van der Waals surface area contributed by atoms with Gasteiger partial charge >= 0.3 is 0 Å². The van der Waals surface area contributed by atoms with Crippen molar-refractivity contribution in [2.24, 2.45) is 0 Å².